The van der Waals surface area contributed by atoms with E-state index in [1.165, 1.54) is 34.0 Å². The topological polar surface area (TPSA) is 194 Å². The lowest BCUT2D eigenvalue weighted by Crippen LogP contribution is -2.47. The van der Waals surface area contributed by atoms with Gasteiger partial charge in [0.25, 0.3) is 0 Å². The minimum absolute atomic E-state index is 0.135. The fourth-order valence-corrected chi connectivity index (χ4v) is 5.39. The number of aromatic nitrogens is 2. The Kier molecular flexibility index (Phi) is 12.8. The number of hydrogen-bond donors (Lipinski definition) is 5. The van der Waals surface area contributed by atoms with Crippen LogP contribution in [-0.2, 0) is 45.2 Å². The van der Waals surface area contributed by atoms with Crippen molar-refractivity contribution in [2.45, 2.75) is 39.3 Å². The second-order valence-corrected chi connectivity index (χ2v) is 10.4. The number of aliphatic carboxylic acids is 4. The Morgan fingerprint density at radius 1 is 0.844 bits per heavy atom. The van der Waals surface area contributed by atoms with Crippen molar-refractivity contribution in [1.82, 2.24) is 14.5 Å². The summed E-state index contributed by atoms with van der Waals surface area (Å²) in [5.41, 5.74) is 6.56. The van der Waals surface area contributed by atoms with Crippen LogP contribution in [0.3, 0.4) is 0 Å². The minimum atomic E-state index is -1.26. The minimum Gasteiger partial charge on any atom is -0.478 e. The summed E-state index contributed by atoms with van der Waals surface area (Å²) in [5, 5.41) is 42.7. The van der Waals surface area contributed by atoms with Crippen LogP contribution in [-0.4, -0.2) is 96.6 Å². The molecule has 5 rings (SSSR count). The lowest BCUT2D eigenvalue weighted by molar-refractivity contribution is -0.134. The van der Waals surface area contributed by atoms with Crippen molar-refractivity contribution in [2.24, 2.45) is 0 Å². The van der Waals surface area contributed by atoms with Gasteiger partial charge in [-0.3, -0.25) is 4.90 Å². The molecule has 1 saturated heterocycles. The van der Waals surface area contributed by atoms with E-state index in [2.05, 4.69) is 56.6 Å². The van der Waals surface area contributed by atoms with Crippen LogP contribution in [0.1, 0.15) is 28.8 Å². The number of rotatable bonds is 9. The molecule has 45 heavy (non-hydrogen) atoms. The molecule has 2 aliphatic rings. The van der Waals surface area contributed by atoms with Gasteiger partial charge in [-0.1, -0.05) is 18.2 Å². The van der Waals surface area contributed by atoms with Crippen LogP contribution in [0.25, 0.3) is 10.9 Å². The highest BCUT2D eigenvalue weighted by molar-refractivity contribution is 5.90. The van der Waals surface area contributed by atoms with Crippen LogP contribution in [0.15, 0.2) is 60.8 Å². The zero-order valence-corrected chi connectivity index (χ0v) is 25.0. The van der Waals surface area contributed by atoms with Crippen molar-refractivity contribution < 1.29 is 44.7 Å². The molecule has 1 fully saturated rings. The summed E-state index contributed by atoms with van der Waals surface area (Å²) in [5.74, 6) is -3.93. The molecule has 240 valence electrons. The summed E-state index contributed by atoms with van der Waals surface area (Å²) in [6.45, 7) is 8.51. The molecule has 3 aromatic rings. The van der Waals surface area contributed by atoms with E-state index in [-0.39, 0.29) is 6.61 Å². The quantitative estimate of drug-likeness (QED) is 0.219. The number of aliphatic hydroxyl groups excluding tert-OH is 1. The summed E-state index contributed by atoms with van der Waals surface area (Å²) >= 11 is 0. The molecule has 0 spiro atoms. The molecule has 0 aliphatic carbocycles. The molecule has 2 aromatic heterocycles. The molecule has 0 saturated carbocycles. The van der Waals surface area contributed by atoms with Gasteiger partial charge in [0.2, 0.25) is 0 Å². The van der Waals surface area contributed by atoms with Crippen molar-refractivity contribution >= 4 is 40.6 Å². The first-order valence-corrected chi connectivity index (χ1v) is 14.4. The van der Waals surface area contributed by atoms with Gasteiger partial charge < -0.3 is 35.0 Å². The Morgan fingerprint density at radius 2 is 1.44 bits per heavy atom. The molecule has 13 heteroatoms. The first kappa shape index (κ1) is 34.5. The van der Waals surface area contributed by atoms with Gasteiger partial charge in [-0.05, 0) is 55.0 Å². The SMILES string of the molecule is Cc1ccnc(N2CCN(CCc3c(CO)n4c5c(cccc35)CCC4)CC2)c1.O=C(O)/C=C/C(=O)O.O=C(O)/C=C/C(=O)O. The van der Waals surface area contributed by atoms with Gasteiger partial charge in [-0.2, -0.15) is 0 Å². The number of hydrogen-bond acceptors (Lipinski definition) is 8. The number of carboxylic acids is 4. The highest BCUT2D eigenvalue weighted by Crippen LogP contribution is 2.33. The lowest BCUT2D eigenvalue weighted by atomic mass is 10.0. The molecule has 1 aromatic carbocycles. The van der Waals surface area contributed by atoms with Crippen LogP contribution < -0.4 is 4.90 Å². The standard InChI is InChI=1S/C24H30N4O.2C4H4O4/c1-18-7-9-25-23(16-18)27-14-12-26(13-15-27)11-8-20-21-6-2-4-19-5-3-10-28(24(19)21)22(20)17-29;2*5-3(6)1-2-4(7)8/h2,4,6-7,9,16,29H,3,5,8,10-15,17H2,1H3;2*1-2H,(H,5,6)(H,7,8)/b;2*2-1+. The molecular weight excluding hydrogens is 584 g/mol. The van der Waals surface area contributed by atoms with Crippen molar-refractivity contribution in [2.75, 3.05) is 37.6 Å². The number of piperazine rings is 1. The smallest absolute Gasteiger partial charge is 0.328 e. The molecule has 0 atom stereocenters. The van der Waals surface area contributed by atoms with Crippen LogP contribution in [0.5, 0.6) is 0 Å². The summed E-state index contributed by atoms with van der Waals surface area (Å²) in [4.78, 5) is 47.7. The van der Waals surface area contributed by atoms with Gasteiger partial charge in [-0.15, -0.1) is 0 Å². The fraction of sp³-hybridized carbons (Fsp3) is 0.344. The predicted molar refractivity (Wildman–Crippen MR) is 166 cm³/mol. The van der Waals surface area contributed by atoms with E-state index >= 15 is 0 Å². The van der Waals surface area contributed by atoms with E-state index in [9.17, 15) is 24.3 Å². The Bertz CT molecular complexity index is 1500. The van der Waals surface area contributed by atoms with Gasteiger partial charge in [0.15, 0.2) is 0 Å². The third-order valence-electron chi connectivity index (χ3n) is 7.38. The van der Waals surface area contributed by atoms with Crippen LogP contribution in [0.2, 0.25) is 0 Å². The Morgan fingerprint density at radius 3 is 1.98 bits per heavy atom. The van der Waals surface area contributed by atoms with E-state index in [0.717, 1.165) is 63.6 Å². The number of carbonyl (C=O) groups is 4. The maximum absolute atomic E-state index is 10.1. The molecule has 4 heterocycles. The van der Waals surface area contributed by atoms with Gasteiger partial charge in [0.1, 0.15) is 5.82 Å². The summed E-state index contributed by atoms with van der Waals surface area (Å²) in [7, 11) is 0. The molecule has 13 nitrogen and oxygen atoms in total. The van der Waals surface area contributed by atoms with E-state index in [1.807, 2.05) is 6.20 Å². The summed E-state index contributed by atoms with van der Waals surface area (Å²) in [6.07, 6.45) is 7.47. The number of anilines is 1. The molecule has 0 unspecified atom stereocenters. The van der Waals surface area contributed by atoms with Gasteiger partial charge in [0, 0.05) is 80.8 Å². The Balaban J connectivity index is 0.000000287. The Labute approximate surface area is 260 Å². The predicted octanol–water partition coefficient (Wildman–Crippen LogP) is 2.57. The van der Waals surface area contributed by atoms with E-state index in [0.29, 0.717) is 24.3 Å². The first-order valence-electron chi connectivity index (χ1n) is 14.4. The molecule has 5 N–H and O–H groups in total. The molecule has 0 amide bonds. The van der Waals surface area contributed by atoms with Crippen LogP contribution >= 0.6 is 0 Å². The fourth-order valence-electron chi connectivity index (χ4n) is 5.39. The normalized spacial score (nSPS) is 14.5. The van der Waals surface area contributed by atoms with Crippen LogP contribution in [0.4, 0.5) is 5.82 Å². The molecule has 0 radical (unpaired) electrons. The van der Waals surface area contributed by atoms with Crippen molar-refractivity contribution in [3.8, 4) is 0 Å². The maximum atomic E-state index is 10.1. The number of aliphatic hydroxyl groups is 1. The largest absolute Gasteiger partial charge is 0.478 e. The number of aryl methyl sites for hydroxylation is 3. The van der Waals surface area contributed by atoms with E-state index < -0.39 is 23.9 Å². The molecule has 2 aliphatic heterocycles. The zero-order valence-electron chi connectivity index (χ0n) is 25.0. The number of para-hydroxylation sites is 1. The first-order chi connectivity index (χ1) is 21.5. The molecular formula is C32H38N4O9. The monoisotopic (exact) mass is 622 g/mol. The third kappa shape index (κ3) is 10.3. The summed E-state index contributed by atoms with van der Waals surface area (Å²) < 4.78 is 2.38. The molecule has 0 bridgehead atoms. The van der Waals surface area contributed by atoms with Crippen molar-refractivity contribution in [3.05, 3.63) is 83.2 Å². The number of carboxylic acid groups (broad SMARTS) is 4. The average Bonchev–Trinajstić information content (AvgIpc) is 3.33. The van der Waals surface area contributed by atoms with Gasteiger partial charge >= 0.3 is 23.9 Å². The maximum Gasteiger partial charge on any atom is 0.328 e. The Hall–Kier alpha value is -5.01. The van der Waals surface area contributed by atoms with Crippen molar-refractivity contribution in [1.29, 1.82) is 0 Å². The number of pyridine rings is 1. The van der Waals surface area contributed by atoms with E-state index in [4.69, 9.17) is 20.4 Å². The third-order valence-corrected chi connectivity index (χ3v) is 7.38. The summed E-state index contributed by atoms with van der Waals surface area (Å²) in [6, 6.07) is 10.9. The number of nitrogens with zero attached hydrogens (tertiary/aromatic N) is 4. The highest BCUT2D eigenvalue weighted by atomic mass is 16.4. The van der Waals surface area contributed by atoms with Gasteiger partial charge in [-0.25, -0.2) is 24.2 Å². The van der Waals surface area contributed by atoms with Crippen LogP contribution in [0, 0.1) is 6.92 Å². The number of benzene rings is 1. The average molecular weight is 623 g/mol. The highest BCUT2D eigenvalue weighted by Gasteiger charge is 2.23. The van der Waals surface area contributed by atoms with Crippen molar-refractivity contribution in [3.63, 3.8) is 0 Å². The zero-order chi connectivity index (χ0) is 32.9. The second kappa shape index (κ2) is 16.7. The second-order valence-electron chi connectivity index (χ2n) is 10.4. The lowest BCUT2D eigenvalue weighted by Gasteiger charge is -2.35. The van der Waals surface area contributed by atoms with Gasteiger partial charge in [0.05, 0.1) is 12.1 Å². The van der Waals surface area contributed by atoms with E-state index in [1.54, 1.807) is 0 Å².